The number of sulfonamides is 1. The fraction of sp³-hybridized carbons (Fsp3) is 0.391. The van der Waals surface area contributed by atoms with Crippen molar-refractivity contribution in [2.24, 2.45) is 0 Å². The predicted molar refractivity (Wildman–Crippen MR) is 255 cm³/mol. The van der Waals surface area contributed by atoms with Crippen LogP contribution in [0.25, 0.3) is 11.8 Å². The standard InChI is InChI=1S/C46H53ClN9O6PS/c1-62-41-27-33(14-15-37(41)50-46-48-28-36(47)44(52-46)49-38-12-4-5-13-42(38)63(2)3)53-20-18-32(19-21-53)54-22-24-55(25-23-54)64(60,61)26-7-6-9-31-10-8-11-34-35(31)29-56(40(34)30-57)39-16-17-43(58)51-45(39)59/h4-6,8-15,27-28,32,39H,7,16-26,29H2,1-3H3,(H,51,58,59)(H2,48,49,50,52). The van der Waals surface area contributed by atoms with Gasteiger partial charge in [0.1, 0.15) is 22.5 Å². The number of aromatic nitrogens is 2. The van der Waals surface area contributed by atoms with Crippen molar-refractivity contribution in [3.8, 4) is 5.75 Å². The SMILES string of the molecule is COc1cc(N2CCC(N3CCN(S(=O)(=O)CCC=Cc4cccc5c4CN(C4CCC(=O)NC4=O)C5=C=O)CC3)CC2)ccc1Nc1ncc(Cl)c(Nc2ccccc2P(C)C)n1. The second kappa shape index (κ2) is 19.8. The lowest BCUT2D eigenvalue weighted by atomic mass is 10.0. The molecule has 0 radical (unpaired) electrons. The Hall–Kier alpha value is -5.34. The second-order valence-corrected chi connectivity index (χ2v) is 21.3. The number of para-hydroxylation sites is 1. The van der Waals surface area contributed by atoms with Gasteiger partial charge in [-0.1, -0.05) is 68.1 Å². The number of carbonyl (C=O) groups excluding carboxylic acids is 3. The largest absolute Gasteiger partial charge is 0.494 e. The van der Waals surface area contributed by atoms with E-state index in [-0.39, 0.29) is 26.0 Å². The first-order valence-corrected chi connectivity index (χ1v) is 25.8. The molecule has 2 amide bonds. The van der Waals surface area contributed by atoms with Crippen molar-refractivity contribution in [1.29, 1.82) is 0 Å². The van der Waals surface area contributed by atoms with Gasteiger partial charge in [-0.25, -0.2) is 18.2 Å². The van der Waals surface area contributed by atoms with Crippen molar-refractivity contribution >= 4 is 93.2 Å². The summed E-state index contributed by atoms with van der Waals surface area (Å²) in [5.41, 5.74) is 5.47. The molecule has 3 saturated heterocycles. The molecule has 3 aromatic carbocycles. The molecule has 1 atom stereocenters. The third kappa shape index (κ3) is 9.97. The van der Waals surface area contributed by atoms with Crippen molar-refractivity contribution in [3.63, 3.8) is 0 Å². The zero-order valence-corrected chi connectivity index (χ0v) is 38.7. The summed E-state index contributed by atoms with van der Waals surface area (Å²) in [6, 6.07) is 19.6. The Labute approximate surface area is 380 Å². The highest BCUT2D eigenvalue weighted by Gasteiger charge is 2.38. The molecule has 8 rings (SSSR count). The van der Waals surface area contributed by atoms with Crippen LogP contribution < -0.4 is 30.9 Å². The first-order valence-electron chi connectivity index (χ1n) is 21.5. The number of carbonyl (C=O) groups is 2. The molecule has 336 valence electrons. The Balaban J connectivity index is 0.807. The topological polar surface area (TPSA) is 169 Å². The highest BCUT2D eigenvalue weighted by molar-refractivity contribution is 7.89. The van der Waals surface area contributed by atoms with Crippen LogP contribution in [-0.4, -0.2) is 128 Å². The van der Waals surface area contributed by atoms with E-state index in [2.05, 4.69) is 61.2 Å². The normalized spacial score (nSPS) is 19.0. The minimum absolute atomic E-state index is 0.00442. The Kier molecular flexibility index (Phi) is 14.0. The number of amides is 2. The van der Waals surface area contributed by atoms with Gasteiger partial charge in [0.05, 0.1) is 24.7 Å². The molecule has 3 fully saturated rings. The maximum Gasteiger partial charge on any atom is 0.249 e. The maximum atomic E-state index is 13.4. The molecule has 18 heteroatoms. The monoisotopic (exact) mass is 925 g/mol. The number of piperazine rings is 1. The summed E-state index contributed by atoms with van der Waals surface area (Å²) in [5.74, 6) is 2.83. The molecule has 64 heavy (non-hydrogen) atoms. The third-order valence-corrected chi connectivity index (χ3v) is 16.0. The number of imide groups is 1. The van der Waals surface area contributed by atoms with Crippen LogP contribution in [0.15, 0.2) is 72.9 Å². The maximum absolute atomic E-state index is 13.4. The molecule has 0 saturated carbocycles. The van der Waals surface area contributed by atoms with E-state index in [9.17, 15) is 22.8 Å². The average Bonchev–Trinajstić information content (AvgIpc) is 3.68. The predicted octanol–water partition coefficient (Wildman–Crippen LogP) is 5.81. The van der Waals surface area contributed by atoms with E-state index >= 15 is 0 Å². The van der Waals surface area contributed by atoms with Gasteiger partial charge in [-0.15, -0.1) is 0 Å². The van der Waals surface area contributed by atoms with Crippen molar-refractivity contribution in [2.45, 2.75) is 50.7 Å². The van der Waals surface area contributed by atoms with Crippen LogP contribution in [0.4, 0.5) is 28.8 Å². The number of anilines is 5. The molecular weight excluding hydrogens is 873 g/mol. The van der Waals surface area contributed by atoms with Crippen molar-refractivity contribution in [1.82, 2.24) is 29.4 Å². The van der Waals surface area contributed by atoms with E-state index in [1.807, 2.05) is 66.6 Å². The van der Waals surface area contributed by atoms with Crippen LogP contribution in [-0.2, 0) is 31.0 Å². The van der Waals surface area contributed by atoms with E-state index in [1.54, 1.807) is 22.5 Å². The number of hydrogen-bond acceptors (Lipinski definition) is 13. The van der Waals surface area contributed by atoms with Gasteiger partial charge in [0.2, 0.25) is 27.8 Å². The number of nitrogens with one attached hydrogen (secondary N) is 3. The first-order chi connectivity index (χ1) is 30.9. The highest BCUT2D eigenvalue weighted by atomic mass is 35.5. The van der Waals surface area contributed by atoms with Crippen LogP contribution in [0.1, 0.15) is 48.8 Å². The number of ether oxygens (including phenoxy) is 1. The van der Waals surface area contributed by atoms with Gasteiger partial charge in [0.15, 0.2) is 11.8 Å². The fourth-order valence-electron chi connectivity index (χ4n) is 9.03. The number of halogens is 1. The number of piperidine rings is 2. The van der Waals surface area contributed by atoms with Crippen LogP contribution in [0, 0.1) is 0 Å². The van der Waals surface area contributed by atoms with E-state index in [4.69, 9.17) is 16.3 Å². The lowest BCUT2D eigenvalue weighted by molar-refractivity contribution is -0.136. The zero-order chi connectivity index (χ0) is 45.0. The quantitative estimate of drug-likeness (QED) is 0.0789. The number of benzene rings is 3. The molecule has 3 N–H and O–H groups in total. The molecule has 4 aliphatic rings. The summed E-state index contributed by atoms with van der Waals surface area (Å²) in [5, 5.41) is 10.7. The summed E-state index contributed by atoms with van der Waals surface area (Å²) >= 11 is 6.52. The first kappa shape index (κ1) is 45.2. The molecule has 0 spiro atoms. The number of allylic oxidation sites excluding steroid dienone is 1. The number of rotatable bonds is 14. The van der Waals surface area contributed by atoms with E-state index < -0.39 is 22.0 Å². The van der Waals surface area contributed by atoms with Gasteiger partial charge in [-0.3, -0.25) is 19.8 Å². The molecule has 0 aliphatic carbocycles. The van der Waals surface area contributed by atoms with Gasteiger partial charge in [0.25, 0.3) is 0 Å². The third-order valence-electron chi connectivity index (χ3n) is 12.4. The van der Waals surface area contributed by atoms with Gasteiger partial charge in [-0.05, 0) is 73.6 Å². The Morgan fingerprint density at radius 1 is 0.969 bits per heavy atom. The Morgan fingerprint density at radius 3 is 2.48 bits per heavy atom. The van der Waals surface area contributed by atoms with E-state index in [0.29, 0.717) is 85.4 Å². The molecule has 5 heterocycles. The highest BCUT2D eigenvalue weighted by Crippen LogP contribution is 2.38. The molecule has 0 bridgehead atoms. The van der Waals surface area contributed by atoms with Gasteiger partial charge in [0, 0.05) is 81.3 Å². The van der Waals surface area contributed by atoms with Crippen LogP contribution in [0.5, 0.6) is 5.75 Å². The summed E-state index contributed by atoms with van der Waals surface area (Å²) in [6.45, 7) is 8.77. The van der Waals surface area contributed by atoms with Crippen LogP contribution in [0.2, 0.25) is 5.02 Å². The molecule has 4 aromatic rings. The minimum atomic E-state index is -3.47. The number of nitrogens with zero attached hydrogens (tertiary/aromatic N) is 6. The molecule has 1 unspecified atom stereocenters. The van der Waals surface area contributed by atoms with E-state index in [1.165, 1.54) is 5.30 Å². The summed E-state index contributed by atoms with van der Waals surface area (Å²) < 4.78 is 34.3. The minimum Gasteiger partial charge on any atom is -0.494 e. The average molecular weight is 926 g/mol. The summed E-state index contributed by atoms with van der Waals surface area (Å²) in [6.07, 6.45) is 8.11. The molecule has 15 nitrogen and oxygen atoms in total. The number of fused-ring (bicyclic) bond motifs is 1. The van der Waals surface area contributed by atoms with E-state index in [0.717, 1.165) is 54.1 Å². The fourth-order valence-corrected chi connectivity index (χ4v) is 11.6. The summed E-state index contributed by atoms with van der Waals surface area (Å²) in [4.78, 5) is 52.0. The lowest BCUT2D eigenvalue weighted by Crippen LogP contribution is -2.54. The van der Waals surface area contributed by atoms with Crippen LogP contribution in [0.3, 0.4) is 0 Å². The van der Waals surface area contributed by atoms with Gasteiger partial charge in [-0.2, -0.15) is 9.29 Å². The Morgan fingerprint density at radius 2 is 1.75 bits per heavy atom. The number of methoxy groups -OCH3 is 1. The van der Waals surface area contributed by atoms with Crippen molar-refractivity contribution in [2.75, 3.05) is 81.0 Å². The smallest absolute Gasteiger partial charge is 0.249 e. The zero-order valence-electron chi connectivity index (χ0n) is 36.2. The van der Waals surface area contributed by atoms with Crippen LogP contribution >= 0.6 is 19.5 Å². The lowest BCUT2D eigenvalue weighted by Gasteiger charge is -2.43. The van der Waals surface area contributed by atoms with Gasteiger partial charge < -0.3 is 25.2 Å². The molecule has 4 aliphatic heterocycles. The number of hydrogen-bond donors (Lipinski definition) is 3. The molecule has 1 aromatic heterocycles. The Bertz CT molecular complexity index is 2590. The van der Waals surface area contributed by atoms with Crippen molar-refractivity contribution < 1.29 is 27.5 Å². The summed E-state index contributed by atoms with van der Waals surface area (Å²) in [7, 11) is -2.16. The van der Waals surface area contributed by atoms with Crippen molar-refractivity contribution in [3.05, 3.63) is 94.6 Å². The van der Waals surface area contributed by atoms with Gasteiger partial charge >= 0.3 is 0 Å². The molecular formula is C46H53ClN9O6PS. The second-order valence-electron chi connectivity index (χ2n) is 16.5.